The number of allylic oxidation sites excluding steroid dienone is 2. The first-order valence-corrected chi connectivity index (χ1v) is 5.67. The quantitative estimate of drug-likeness (QED) is 0.433. The van der Waals surface area contributed by atoms with Gasteiger partial charge in [-0.3, -0.25) is 0 Å². The second-order valence-electron chi connectivity index (χ2n) is 2.93. The maximum atomic E-state index is 6.87. The molecule has 0 saturated carbocycles. The Bertz CT molecular complexity index is 180. The van der Waals surface area contributed by atoms with Crippen LogP contribution in [0.5, 0.6) is 0 Å². The fourth-order valence-corrected chi connectivity index (χ4v) is 2.37. The zero-order valence-electron chi connectivity index (χ0n) is 9.29. The fraction of sp³-hybridized carbons (Fsp3) is 0.714. The van der Waals surface area contributed by atoms with Crippen molar-refractivity contribution < 1.29 is 14.4 Å². The molecule has 3 nitrogen and oxygen atoms in total. The molecule has 1 aliphatic rings. The Hall–Kier alpha value is -0.163. The highest BCUT2D eigenvalue weighted by Crippen LogP contribution is 2.28. The molecule has 3 N–H and O–H groups in total. The SMILES string of the molecule is [3H]O[Si](O[3H])(O[3H])C1CCC=CCC1. The Morgan fingerprint density at radius 1 is 1.18 bits per heavy atom. The average molecular weight is 180 g/mol. The van der Waals surface area contributed by atoms with E-state index in [-0.39, 0.29) is 5.54 Å². The van der Waals surface area contributed by atoms with Gasteiger partial charge < -0.3 is 14.4 Å². The van der Waals surface area contributed by atoms with Gasteiger partial charge in [0.1, 0.15) is 0 Å². The van der Waals surface area contributed by atoms with Gasteiger partial charge in [-0.25, -0.2) is 0 Å². The molecule has 0 atom stereocenters. The Labute approximate surface area is 71.8 Å². The summed E-state index contributed by atoms with van der Waals surface area (Å²) in [6.45, 7) is 0. The van der Waals surface area contributed by atoms with Gasteiger partial charge in [0, 0.05) is 5.54 Å². The lowest BCUT2D eigenvalue weighted by atomic mass is 10.2. The van der Waals surface area contributed by atoms with Crippen molar-refractivity contribution >= 4 is 8.80 Å². The summed E-state index contributed by atoms with van der Waals surface area (Å²) < 4.78 is 20.6. The molecule has 0 aliphatic heterocycles. The van der Waals surface area contributed by atoms with Crippen LogP contribution in [0.3, 0.4) is 0 Å². The summed E-state index contributed by atoms with van der Waals surface area (Å²) in [7, 11) is -3.39. The van der Waals surface area contributed by atoms with Crippen LogP contribution in [0.25, 0.3) is 0 Å². The summed E-state index contributed by atoms with van der Waals surface area (Å²) in [6, 6.07) is 0. The molecule has 0 aromatic rings. The van der Waals surface area contributed by atoms with E-state index in [1.54, 1.807) is 0 Å². The van der Waals surface area contributed by atoms with Gasteiger partial charge in [-0.15, -0.1) is 0 Å². The van der Waals surface area contributed by atoms with Crippen LogP contribution in [0.4, 0.5) is 0 Å². The lowest BCUT2D eigenvalue weighted by Gasteiger charge is -2.19. The van der Waals surface area contributed by atoms with E-state index in [1.165, 1.54) is 0 Å². The smallest absolute Gasteiger partial charge is 0.390 e. The molecule has 4 heteroatoms. The predicted molar refractivity (Wildman–Crippen MR) is 43.8 cm³/mol. The number of rotatable bonds is 4. The molecule has 0 spiro atoms. The van der Waals surface area contributed by atoms with E-state index in [2.05, 4.69) is 26.5 Å². The molecular formula is C7H14O3Si. The van der Waals surface area contributed by atoms with Crippen LogP contribution in [0, 0.1) is 0 Å². The normalized spacial score (nSPS) is 25.3. The Morgan fingerprint density at radius 2 is 1.73 bits per heavy atom. The summed E-state index contributed by atoms with van der Waals surface area (Å²) >= 11 is 0. The van der Waals surface area contributed by atoms with Gasteiger partial charge in [0.25, 0.3) is 0 Å². The fourth-order valence-electron chi connectivity index (χ4n) is 1.33. The van der Waals surface area contributed by atoms with Crippen LogP contribution in [0.15, 0.2) is 12.2 Å². The van der Waals surface area contributed by atoms with Crippen molar-refractivity contribution in [1.82, 2.24) is 0 Å². The zero-order valence-corrected chi connectivity index (χ0v) is 7.29. The van der Waals surface area contributed by atoms with Gasteiger partial charge in [0.05, 0.1) is 0 Å². The number of hydrogen-bond donors (Lipinski definition) is 3. The van der Waals surface area contributed by atoms with Crippen molar-refractivity contribution in [2.75, 3.05) is 0 Å². The molecule has 0 amide bonds. The van der Waals surface area contributed by atoms with Crippen LogP contribution < -0.4 is 0 Å². The van der Waals surface area contributed by atoms with Crippen LogP contribution in [0.2, 0.25) is 5.54 Å². The maximum Gasteiger partial charge on any atom is 0.496 e. The van der Waals surface area contributed by atoms with Crippen molar-refractivity contribution in [3.63, 3.8) is 0 Å². The third-order valence-electron chi connectivity index (χ3n) is 2.03. The van der Waals surface area contributed by atoms with Gasteiger partial charge in [-0.1, -0.05) is 12.2 Å². The van der Waals surface area contributed by atoms with E-state index in [1.807, 2.05) is 0 Å². The molecule has 0 unspecified atom stereocenters. The maximum absolute atomic E-state index is 6.87. The molecular weight excluding hydrogens is 160 g/mol. The lowest BCUT2D eigenvalue weighted by molar-refractivity contribution is 0.205. The van der Waals surface area contributed by atoms with Crippen molar-refractivity contribution in [2.24, 2.45) is 0 Å². The van der Waals surface area contributed by atoms with Crippen LogP contribution >= 0.6 is 0 Å². The second-order valence-corrected chi connectivity index (χ2v) is 4.95. The minimum Gasteiger partial charge on any atom is -0.390 e. The van der Waals surface area contributed by atoms with Gasteiger partial charge >= 0.3 is 8.80 Å². The van der Waals surface area contributed by atoms with Crippen molar-refractivity contribution in [3.8, 4) is 0 Å². The lowest BCUT2D eigenvalue weighted by Crippen LogP contribution is -2.40. The highest BCUT2D eigenvalue weighted by molar-refractivity contribution is 6.57. The molecule has 0 heterocycles. The van der Waals surface area contributed by atoms with E-state index >= 15 is 0 Å². The van der Waals surface area contributed by atoms with Crippen molar-refractivity contribution in [2.45, 2.75) is 31.2 Å². The van der Waals surface area contributed by atoms with Gasteiger partial charge in [-0.2, -0.15) is 0 Å². The topological polar surface area (TPSA) is 60.7 Å². The molecule has 0 bridgehead atoms. The van der Waals surface area contributed by atoms with Crippen LogP contribution in [0.1, 0.15) is 25.7 Å². The minimum absolute atomic E-state index is 0.120. The summed E-state index contributed by atoms with van der Waals surface area (Å²) in [6.07, 6.45) is 7.32. The van der Waals surface area contributed by atoms with E-state index < -0.39 is 8.80 Å². The molecule has 11 heavy (non-hydrogen) atoms. The molecule has 1 rings (SSSR count). The monoisotopic (exact) mass is 180 g/mol. The zero-order chi connectivity index (χ0) is 10.4. The van der Waals surface area contributed by atoms with Gasteiger partial charge in [-0.05, 0) is 25.7 Å². The average Bonchev–Trinajstić information content (AvgIpc) is 2.51. The summed E-state index contributed by atoms with van der Waals surface area (Å²) in [4.78, 5) is 13.1. The first-order chi connectivity index (χ1) is 6.79. The highest BCUT2D eigenvalue weighted by Gasteiger charge is 2.37. The molecule has 0 aromatic carbocycles. The van der Waals surface area contributed by atoms with E-state index in [0.29, 0.717) is 0 Å². The largest absolute Gasteiger partial charge is 0.496 e. The summed E-state index contributed by atoms with van der Waals surface area (Å²) in [5, 5.41) is 0. The van der Waals surface area contributed by atoms with Crippen LogP contribution in [-0.4, -0.2) is 27.5 Å². The summed E-state index contributed by atoms with van der Waals surface area (Å²) in [5.74, 6) is 0. The van der Waals surface area contributed by atoms with Gasteiger partial charge in [0.15, 0.2) is 4.29 Å². The third kappa shape index (κ3) is 2.74. The minimum atomic E-state index is -3.39. The first-order valence-electron chi connectivity index (χ1n) is 5.09. The first kappa shape index (κ1) is 5.48. The standard InChI is InChI=1S/C7H14O3Si/c8-11(9,10)7-5-3-1-2-4-6-7/h1-2,7-10H,3-6H2/i8T,9T,10T. The Balaban J connectivity index is 2.66. The van der Waals surface area contributed by atoms with E-state index in [9.17, 15) is 0 Å². The van der Waals surface area contributed by atoms with E-state index in [0.717, 1.165) is 25.7 Å². The predicted octanol–water partition coefficient (Wildman–Crippen LogP) is 0.403. The molecule has 64 valence electrons. The Morgan fingerprint density at radius 3 is 2.18 bits per heavy atom. The molecule has 0 saturated heterocycles. The Kier molecular flexibility index (Phi) is 1.74. The van der Waals surface area contributed by atoms with Gasteiger partial charge in [0.2, 0.25) is 0 Å². The van der Waals surface area contributed by atoms with Crippen LogP contribution in [-0.2, 0) is 0 Å². The number of hydrogen-bond acceptors (Lipinski definition) is 3. The van der Waals surface area contributed by atoms with Crippen molar-refractivity contribution in [1.29, 1.82) is 4.29 Å². The second kappa shape index (κ2) is 3.49. The summed E-state index contributed by atoms with van der Waals surface area (Å²) in [5.41, 5.74) is -0.120. The molecule has 0 radical (unpaired) electrons. The molecule has 1 aliphatic carbocycles. The molecule has 0 fully saturated rings. The molecule has 0 aromatic heterocycles. The van der Waals surface area contributed by atoms with E-state index in [4.69, 9.17) is 4.29 Å². The van der Waals surface area contributed by atoms with Crippen molar-refractivity contribution in [3.05, 3.63) is 12.2 Å². The highest BCUT2D eigenvalue weighted by atomic mass is 28.4. The third-order valence-corrected chi connectivity index (χ3v) is 3.61.